The molecule has 0 heterocycles. The van der Waals surface area contributed by atoms with Crippen molar-refractivity contribution in [2.24, 2.45) is 0 Å². The van der Waals surface area contributed by atoms with E-state index in [-0.39, 0.29) is 6.54 Å². The molecule has 0 aliphatic rings. The number of nitrogens with one attached hydrogen (secondary N) is 1. The van der Waals surface area contributed by atoms with E-state index in [1.807, 2.05) is 13.0 Å². The fourth-order valence-electron chi connectivity index (χ4n) is 2.21. The first-order valence-electron chi connectivity index (χ1n) is 8.06. The monoisotopic (exact) mass is 440 g/mol. The van der Waals surface area contributed by atoms with Crippen LogP contribution in [0.25, 0.3) is 0 Å². The Kier molecular flexibility index (Phi) is 7.05. The third-order valence-electron chi connectivity index (χ3n) is 3.43. The average molecular weight is 441 g/mol. The highest BCUT2D eigenvalue weighted by atomic mass is 79.9. The van der Waals surface area contributed by atoms with Crippen molar-refractivity contribution < 1.29 is 17.9 Å². The van der Waals surface area contributed by atoms with E-state index in [0.29, 0.717) is 23.7 Å². The first kappa shape index (κ1) is 20.3. The van der Waals surface area contributed by atoms with E-state index in [9.17, 15) is 13.2 Å². The molecule has 2 aromatic rings. The van der Waals surface area contributed by atoms with Gasteiger partial charge in [-0.05, 0) is 58.7 Å². The summed E-state index contributed by atoms with van der Waals surface area (Å²) in [6, 6.07) is 13.7. The maximum absolute atomic E-state index is 12.3. The summed E-state index contributed by atoms with van der Waals surface area (Å²) in [6.07, 6.45) is 1.95. The van der Waals surface area contributed by atoms with Crippen molar-refractivity contribution in [1.82, 2.24) is 0 Å². The number of halogens is 1. The van der Waals surface area contributed by atoms with Gasteiger partial charge in [-0.1, -0.05) is 19.1 Å². The fourth-order valence-corrected chi connectivity index (χ4v) is 3.45. The first-order valence-corrected chi connectivity index (χ1v) is 10.7. The zero-order valence-corrected chi connectivity index (χ0v) is 17.0. The molecule has 0 unspecified atom stereocenters. The molecule has 2 aromatic carbocycles. The van der Waals surface area contributed by atoms with Gasteiger partial charge in [-0.25, -0.2) is 8.42 Å². The van der Waals surface area contributed by atoms with Crippen LogP contribution >= 0.6 is 15.9 Å². The summed E-state index contributed by atoms with van der Waals surface area (Å²) >= 11 is 3.34. The van der Waals surface area contributed by atoms with Gasteiger partial charge in [0.2, 0.25) is 15.9 Å². The van der Waals surface area contributed by atoms with Crippen molar-refractivity contribution >= 4 is 43.2 Å². The highest BCUT2D eigenvalue weighted by molar-refractivity contribution is 9.10. The minimum Gasteiger partial charge on any atom is -0.494 e. The summed E-state index contributed by atoms with van der Waals surface area (Å²) in [5, 5.41) is 2.71. The number of anilines is 2. The molecule has 0 spiro atoms. The van der Waals surface area contributed by atoms with Crippen molar-refractivity contribution in [2.45, 2.75) is 13.3 Å². The second-order valence-corrected chi connectivity index (χ2v) is 8.40. The Morgan fingerprint density at radius 3 is 2.38 bits per heavy atom. The molecule has 0 bridgehead atoms. The van der Waals surface area contributed by atoms with E-state index in [4.69, 9.17) is 4.74 Å². The average Bonchev–Trinajstić information content (AvgIpc) is 2.59. The second kappa shape index (κ2) is 9.05. The number of ether oxygens (including phenoxy) is 1. The van der Waals surface area contributed by atoms with Crippen LogP contribution in [0.15, 0.2) is 53.0 Å². The van der Waals surface area contributed by atoms with Gasteiger partial charge < -0.3 is 10.1 Å². The Bertz CT molecular complexity index is 854. The van der Waals surface area contributed by atoms with Gasteiger partial charge in [-0.3, -0.25) is 9.10 Å². The lowest BCUT2D eigenvalue weighted by atomic mass is 10.3. The lowest BCUT2D eigenvalue weighted by molar-refractivity contribution is -0.114. The van der Waals surface area contributed by atoms with Gasteiger partial charge in [-0.2, -0.15) is 0 Å². The molecule has 0 aliphatic carbocycles. The largest absolute Gasteiger partial charge is 0.494 e. The van der Waals surface area contributed by atoms with Crippen LogP contribution in [0.2, 0.25) is 0 Å². The molecule has 26 heavy (non-hydrogen) atoms. The minimum atomic E-state index is -3.63. The number of hydrogen-bond donors (Lipinski definition) is 1. The van der Waals surface area contributed by atoms with Crippen LogP contribution < -0.4 is 14.4 Å². The molecule has 8 heteroatoms. The minimum absolute atomic E-state index is 0.324. The van der Waals surface area contributed by atoms with Gasteiger partial charge in [-0.15, -0.1) is 0 Å². The Labute approximate surface area is 162 Å². The lowest BCUT2D eigenvalue weighted by Gasteiger charge is -2.22. The Balaban J connectivity index is 2.15. The summed E-state index contributed by atoms with van der Waals surface area (Å²) in [5.41, 5.74) is 0.980. The van der Waals surface area contributed by atoms with Crippen LogP contribution in [-0.2, 0) is 14.8 Å². The molecule has 0 fully saturated rings. The van der Waals surface area contributed by atoms with E-state index in [1.165, 1.54) is 0 Å². The summed E-state index contributed by atoms with van der Waals surface area (Å²) in [7, 11) is -3.63. The van der Waals surface area contributed by atoms with Crippen LogP contribution in [-0.4, -0.2) is 33.7 Å². The van der Waals surface area contributed by atoms with E-state index >= 15 is 0 Å². The number of carbonyl (C=O) groups excluding carboxylic acids is 1. The third kappa shape index (κ3) is 5.74. The second-order valence-electron chi connectivity index (χ2n) is 5.64. The number of benzene rings is 2. The van der Waals surface area contributed by atoms with E-state index in [1.54, 1.807) is 42.5 Å². The van der Waals surface area contributed by atoms with Crippen molar-refractivity contribution in [3.05, 3.63) is 53.0 Å². The number of rotatable bonds is 8. The van der Waals surface area contributed by atoms with E-state index in [2.05, 4.69) is 21.2 Å². The first-order chi connectivity index (χ1) is 12.3. The zero-order valence-electron chi connectivity index (χ0n) is 14.6. The summed E-state index contributed by atoms with van der Waals surface area (Å²) in [4.78, 5) is 12.3. The summed E-state index contributed by atoms with van der Waals surface area (Å²) in [6.45, 7) is 2.27. The molecule has 1 N–H and O–H groups in total. The normalized spacial score (nSPS) is 11.0. The molecular formula is C18H21BrN2O4S. The predicted octanol–water partition coefficient (Wildman–Crippen LogP) is 3.64. The van der Waals surface area contributed by atoms with Crippen molar-refractivity contribution in [3.63, 3.8) is 0 Å². The number of sulfonamides is 1. The molecule has 6 nitrogen and oxygen atoms in total. The van der Waals surface area contributed by atoms with Crippen molar-refractivity contribution in [1.29, 1.82) is 0 Å². The predicted molar refractivity (Wildman–Crippen MR) is 107 cm³/mol. The van der Waals surface area contributed by atoms with Gasteiger partial charge in [0.1, 0.15) is 12.3 Å². The smallest absolute Gasteiger partial charge is 0.245 e. The number of nitrogens with zero attached hydrogens (tertiary/aromatic N) is 1. The Hall–Kier alpha value is -2.06. The molecule has 0 saturated heterocycles. The van der Waals surface area contributed by atoms with E-state index in [0.717, 1.165) is 21.5 Å². The topological polar surface area (TPSA) is 75.7 Å². The van der Waals surface area contributed by atoms with Crippen LogP contribution in [0.1, 0.15) is 13.3 Å². The number of carbonyl (C=O) groups is 1. The SMILES string of the molecule is CCCOc1ccc(N(CC(=O)Nc2ccccc2Br)S(C)(=O)=O)cc1. The summed E-state index contributed by atoms with van der Waals surface area (Å²) in [5.74, 6) is 0.218. The molecule has 0 aromatic heterocycles. The fraction of sp³-hybridized carbons (Fsp3) is 0.278. The maximum atomic E-state index is 12.3. The Morgan fingerprint density at radius 2 is 1.81 bits per heavy atom. The summed E-state index contributed by atoms with van der Waals surface area (Å²) < 4.78 is 31.6. The van der Waals surface area contributed by atoms with Crippen molar-refractivity contribution in [3.8, 4) is 5.75 Å². The van der Waals surface area contributed by atoms with Crippen LogP contribution in [0.3, 0.4) is 0 Å². The standard InChI is InChI=1S/C18H21BrN2O4S/c1-3-12-25-15-10-8-14(9-11-15)21(26(2,23)24)13-18(22)20-17-7-5-4-6-16(17)19/h4-11H,3,12-13H2,1-2H3,(H,20,22). The highest BCUT2D eigenvalue weighted by Crippen LogP contribution is 2.23. The zero-order chi connectivity index (χ0) is 19.2. The highest BCUT2D eigenvalue weighted by Gasteiger charge is 2.21. The van der Waals surface area contributed by atoms with Gasteiger partial charge >= 0.3 is 0 Å². The van der Waals surface area contributed by atoms with Crippen molar-refractivity contribution in [2.75, 3.05) is 29.0 Å². The molecule has 0 aliphatic heterocycles. The number of para-hydroxylation sites is 1. The quantitative estimate of drug-likeness (QED) is 0.679. The lowest BCUT2D eigenvalue weighted by Crippen LogP contribution is -2.37. The van der Waals surface area contributed by atoms with E-state index < -0.39 is 15.9 Å². The van der Waals surface area contributed by atoms with Crippen LogP contribution in [0, 0.1) is 0 Å². The Morgan fingerprint density at radius 1 is 1.15 bits per heavy atom. The molecular weight excluding hydrogens is 420 g/mol. The van der Waals surface area contributed by atoms with Gasteiger partial charge in [0.15, 0.2) is 0 Å². The molecule has 0 saturated carbocycles. The van der Waals surface area contributed by atoms with Crippen LogP contribution in [0.4, 0.5) is 11.4 Å². The van der Waals surface area contributed by atoms with Crippen LogP contribution in [0.5, 0.6) is 5.75 Å². The molecule has 2 rings (SSSR count). The molecule has 140 valence electrons. The maximum Gasteiger partial charge on any atom is 0.245 e. The third-order valence-corrected chi connectivity index (χ3v) is 5.27. The van der Waals surface area contributed by atoms with Gasteiger partial charge in [0.25, 0.3) is 0 Å². The molecule has 0 radical (unpaired) electrons. The van der Waals surface area contributed by atoms with Gasteiger partial charge in [0, 0.05) is 4.47 Å². The molecule has 1 amide bonds. The molecule has 0 atom stereocenters. The number of hydrogen-bond acceptors (Lipinski definition) is 4. The van der Waals surface area contributed by atoms with Gasteiger partial charge in [0.05, 0.1) is 24.2 Å². The number of amides is 1.